The van der Waals surface area contributed by atoms with Gasteiger partial charge in [-0.2, -0.15) is 5.10 Å². The van der Waals surface area contributed by atoms with Crippen molar-refractivity contribution in [1.82, 2.24) is 14.5 Å². The molecule has 6 nitrogen and oxygen atoms in total. The molecule has 1 heterocycles. The fourth-order valence-electron chi connectivity index (χ4n) is 3.37. The van der Waals surface area contributed by atoms with E-state index in [0.717, 1.165) is 37.1 Å². The van der Waals surface area contributed by atoms with E-state index < -0.39 is 15.9 Å². The van der Waals surface area contributed by atoms with Crippen LogP contribution in [0.5, 0.6) is 0 Å². The fraction of sp³-hybridized carbons (Fsp3) is 0.444. The van der Waals surface area contributed by atoms with Gasteiger partial charge in [-0.05, 0) is 50.1 Å². The Hall–Kier alpha value is -1.86. The SMILES string of the molecule is Cc1cc(CC(=O)NS(=O)(=O)c2ccc(Cl)cc2)n(C2CCCCC2)n1. The molecule has 0 atom stereocenters. The van der Waals surface area contributed by atoms with Gasteiger partial charge in [0.25, 0.3) is 10.0 Å². The Morgan fingerprint density at radius 1 is 1.23 bits per heavy atom. The molecule has 8 heteroatoms. The number of aryl methyl sites for hydroxylation is 1. The average Bonchev–Trinajstić information content (AvgIpc) is 2.95. The lowest BCUT2D eigenvalue weighted by atomic mass is 9.95. The first-order valence-electron chi connectivity index (χ1n) is 8.71. The molecule has 1 aliphatic rings. The molecule has 0 aliphatic heterocycles. The highest BCUT2D eigenvalue weighted by Gasteiger charge is 2.23. The van der Waals surface area contributed by atoms with Crippen molar-refractivity contribution in [3.8, 4) is 0 Å². The Morgan fingerprint density at radius 3 is 2.54 bits per heavy atom. The number of amides is 1. The van der Waals surface area contributed by atoms with Gasteiger partial charge in [-0.1, -0.05) is 30.9 Å². The number of carbonyl (C=O) groups is 1. The van der Waals surface area contributed by atoms with E-state index in [2.05, 4.69) is 9.82 Å². The van der Waals surface area contributed by atoms with Crippen molar-refractivity contribution >= 4 is 27.5 Å². The molecule has 1 fully saturated rings. The van der Waals surface area contributed by atoms with Crippen molar-refractivity contribution in [2.24, 2.45) is 0 Å². The number of benzene rings is 1. The lowest BCUT2D eigenvalue weighted by Gasteiger charge is -2.24. The highest BCUT2D eigenvalue weighted by atomic mass is 35.5. The van der Waals surface area contributed by atoms with E-state index in [9.17, 15) is 13.2 Å². The molecule has 2 aromatic rings. The van der Waals surface area contributed by atoms with Crippen LogP contribution in [0.25, 0.3) is 0 Å². The number of hydrogen-bond donors (Lipinski definition) is 1. The monoisotopic (exact) mass is 395 g/mol. The maximum absolute atomic E-state index is 12.4. The number of sulfonamides is 1. The summed E-state index contributed by atoms with van der Waals surface area (Å²) in [5.74, 6) is -0.572. The van der Waals surface area contributed by atoms with E-state index in [-0.39, 0.29) is 17.4 Å². The van der Waals surface area contributed by atoms with Gasteiger partial charge in [0.15, 0.2) is 0 Å². The number of carbonyl (C=O) groups excluding carboxylic acids is 1. The van der Waals surface area contributed by atoms with Crippen LogP contribution >= 0.6 is 11.6 Å². The third-order valence-corrected chi connectivity index (χ3v) is 6.21. The minimum absolute atomic E-state index is 0.00668. The molecule has 3 rings (SSSR count). The van der Waals surface area contributed by atoms with Gasteiger partial charge in [0.2, 0.25) is 5.91 Å². The first-order chi connectivity index (χ1) is 12.3. The quantitative estimate of drug-likeness (QED) is 0.841. The summed E-state index contributed by atoms with van der Waals surface area (Å²) in [6.07, 6.45) is 5.59. The van der Waals surface area contributed by atoms with Crippen LogP contribution in [0.3, 0.4) is 0 Å². The molecule has 26 heavy (non-hydrogen) atoms. The van der Waals surface area contributed by atoms with Crippen molar-refractivity contribution in [2.75, 3.05) is 0 Å². The fourth-order valence-corrected chi connectivity index (χ4v) is 4.48. The lowest BCUT2D eigenvalue weighted by molar-refractivity contribution is -0.118. The molecule has 1 aliphatic carbocycles. The van der Waals surface area contributed by atoms with Gasteiger partial charge in [0, 0.05) is 10.7 Å². The number of hydrogen-bond acceptors (Lipinski definition) is 4. The van der Waals surface area contributed by atoms with Crippen LogP contribution in [0.2, 0.25) is 5.02 Å². The molecule has 0 radical (unpaired) electrons. The van der Waals surface area contributed by atoms with Crippen molar-refractivity contribution in [2.45, 2.75) is 56.4 Å². The van der Waals surface area contributed by atoms with E-state index >= 15 is 0 Å². The van der Waals surface area contributed by atoms with Crippen LogP contribution in [0.4, 0.5) is 0 Å². The Balaban J connectivity index is 1.73. The molecule has 1 saturated carbocycles. The second kappa shape index (κ2) is 7.80. The first-order valence-corrected chi connectivity index (χ1v) is 10.6. The van der Waals surface area contributed by atoms with Crippen LogP contribution < -0.4 is 4.72 Å². The van der Waals surface area contributed by atoms with Crippen LogP contribution in [-0.2, 0) is 21.2 Å². The van der Waals surface area contributed by atoms with Crippen molar-refractivity contribution < 1.29 is 13.2 Å². The number of aromatic nitrogens is 2. The topological polar surface area (TPSA) is 81.1 Å². The molecule has 1 aromatic heterocycles. The minimum Gasteiger partial charge on any atom is -0.274 e. The third-order valence-electron chi connectivity index (χ3n) is 4.57. The normalized spacial score (nSPS) is 15.8. The van der Waals surface area contributed by atoms with Gasteiger partial charge in [-0.25, -0.2) is 13.1 Å². The molecule has 0 spiro atoms. The predicted octanol–water partition coefficient (Wildman–Crippen LogP) is 3.40. The highest BCUT2D eigenvalue weighted by Crippen LogP contribution is 2.29. The Labute approximate surface area is 158 Å². The van der Waals surface area contributed by atoms with Crippen molar-refractivity contribution in [1.29, 1.82) is 0 Å². The highest BCUT2D eigenvalue weighted by molar-refractivity contribution is 7.90. The summed E-state index contributed by atoms with van der Waals surface area (Å²) >= 11 is 5.78. The molecule has 140 valence electrons. The van der Waals surface area contributed by atoms with Gasteiger partial charge in [0.05, 0.1) is 23.1 Å². The zero-order chi connectivity index (χ0) is 18.7. The molecular weight excluding hydrogens is 374 g/mol. The van der Waals surface area contributed by atoms with Gasteiger partial charge >= 0.3 is 0 Å². The number of rotatable bonds is 5. The van der Waals surface area contributed by atoms with Crippen molar-refractivity contribution in [3.05, 3.63) is 46.7 Å². The van der Waals surface area contributed by atoms with E-state index in [1.165, 1.54) is 30.7 Å². The maximum Gasteiger partial charge on any atom is 0.264 e. The molecule has 0 bridgehead atoms. The Bertz CT molecular complexity index is 885. The smallest absolute Gasteiger partial charge is 0.264 e. The van der Waals surface area contributed by atoms with E-state index in [1.54, 1.807) is 0 Å². The predicted molar refractivity (Wildman–Crippen MR) is 99.6 cm³/mol. The van der Waals surface area contributed by atoms with Crippen molar-refractivity contribution in [3.63, 3.8) is 0 Å². The number of nitrogens with zero attached hydrogens (tertiary/aromatic N) is 2. The van der Waals surface area contributed by atoms with E-state index in [0.29, 0.717) is 5.02 Å². The number of halogens is 1. The van der Waals surface area contributed by atoms with Crippen LogP contribution in [-0.4, -0.2) is 24.1 Å². The summed E-state index contributed by atoms with van der Waals surface area (Å²) in [4.78, 5) is 12.4. The van der Waals surface area contributed by atoms with Gasteiger partial charge < -0.3 is 0 Å². The summed E-state index contributed by atoms with van der Waals surface area (Å²) in [5.41, 5.74) is 1.58. The van der Waals surface area contributed by atoms with E-state index in [4.69, 9.17) is 11.6 Å². The summed E-state index contributed by atoms with van der Waals surface area (Å²) in [5, 5.41) is 4.96. The largest absolute Gasteiger partial charge is 0.274 e. The molecular formula is C18H22ClN3O3S. The van der Waals surface area contributed by atoms with Gasteiger partial charge in [-0.15, -0.1) is 0 Å². The van der Waals surface area contributed by atoms with Gasteiger partial charge in [0.1, 0.15) is 0 Å². The minimum atomic E-state index is -3.92. The molecule has 1 amide bonds. The summed E-state index contributed by atoms with van der Waals surface area (Å²) < 4.78 is 28.7. The Morgan fingerprint density at radius 2 is 1.88 bits per heavy atom. The molecule has 0 unspecified atom stereocenters. The van der Waals surface area contributed by atoms with E-state index in [1.807, 2.05) is 17.7 Å². The zero-order valence-electron chi connectivity index (χ0n) is 14.6. The lowest BCUT2D eigenvalue weighted by Crippen LogP contribution is -2.32. The number of nitrogens with one attached hydrogen (secondary N) is 1. The van der Waals surface area contributed by atoms with Gasteiger partial charge in [-0.3, -0.25) is 9.48 Å². The second-order valence-corrected chi connectivity index (χ2v) is 8.79. The van der Waals surface area contributed by atoms with Crippen LogP contribution in [0.15, 0.2) is 35.2 Å². The summed E-state index contributed by atoms with van der Waals surface area (Å²) in [6, 6.07) is 7.82. The first kappa shape index (κ1) is 18.9. The Kier molecular flexibility index (Phi) is 5.67. The molecule has 0 saturated heterocycles. The average molecular weight is 396 g/mol. The summed E-state index contributed by atoms with van der Waals surface area (Å²) in [6.45, 7) is 1.88. The summed E-state index contributed by atoms with van der Waals surface area (Å²) in [7, 11) is -3.92. The third kappa shape index (κ3) is 4.45. The molecule has 1 N–H and O–H groups in total. The maximum atomic E-state index is 12.4. The standard InChI is InChI=1S/C18H22ClN3O3S/c1-13-11-16(22(20-13)15-5-3-2-4-6-15)12-18(23)21-26(24,25)17-9-7-14(19)8-10-17/h7-11,15H,2-6,12H2,1H3,(H,21,23). The molecule has 1 aromatic carbocycles. The van der Waals surface area contributed by atoms with Crippen LogP contribution in [0.1, 0.15) is 49.5 Å². The second-order valence-electron chi connectivity index (χ2n) is 6.67. The van der Waals surface area contributed by atoms with Crippen LogP contribution in [0, 0.1) is 6.92 Å². The zero-order valence-corrected chi connectivity index (χ0v) is 16.2.